The van der Waals surface area contributed by atoms with Crippen LogP contribution in [-0.2, 0) is 4.79 Å². The van der Waals surface area contributed by atoms with E-state index in [0.717, 1.165) is 18.2 Å². The van der Waals surface area contributed by atoms with Gasteiger partial charge in [0.25, 0.3) is 5.91 Å². The fourth-order valence-electron chi connectivity index (χ4n) is 1.87. The SMILES string of the molecule is N#C/C(=C\c1ccc(O)c([N+](=O)[O-])c1)C(=O)Nc1ccc(Cl)cc1Cl. The normalized spacial score (nSPS) is 10.8. The first-order chi connectivity index (χ1) is 11.8. The molecule has 2 N–H and O–H groups in total. The number of halogens is 2. The number of nitro groups is 1. The highest BCUT2D eigenvalue weighted by atomic mass is 35.5. The summed E-state index contributed by atoms with van der Waals surface area (Å²) >= 11 is 11.7. The number of anilines is 1. The first kappa shape index (κ1) is 18.3. The number of hydrogen-bond acceptors (Lipinski definition) is 5. The molecule has 2 aromatic rings. The summed E-state index contributed by atoms with van der Waals surface area (Å²) in [4.78, 5) is 22.2. The number of phenolic OH excluding ortho intramolecular Hbond substituents is 1. The van der Waals surface area contributed by atoms with Crippen LogP contribution in [0.5, 0.6) is 5.75 Å². The molecule has 0 spiro atoms. The van der Waals surface area contributed by atoms with Crippen molar-refractivity contribution in [1.82, 2.24) is 0 Å². The molecule has 0 bridgehead atoms. The number of nitriles is 1. The summed E-state index contributed by atoms with van der Waals surface area (Å²) in [5.41, 5.74) is -0.370. The van der Waals surface area contributed by atoms with E-state index in [4.69, 9.17) is 28.5 Å². The zero-order valence-corrected chi connectivity index (χ0v) is 13.9. The van der Waals surface area contributed by atoms with E-state index in [0.29, 0.717) is 5.02 Å². The maximum atomic E-state index is 12.2. The topological polar surface area (TPSA) is 116 Å². The summed E-state index contributed by atoms with van der Waals surface area (Å²) in [6.45, 7) is 0. The Kier molecular flexibility index (Phi) is 5.60. The van der Waals surface area contributed by atoms with Gasteiger partial charge in [0.2, 0.25) is 0 Å². The van der Waals surface area contributed by atoms with Crippen LogP contribution in [-0.4, -0.2) is 15.9 Å². The number of nitrogens with one attached hydrogen (secondary N) is 1. The van der Waals surface area contributed by atoms with E-state index in [1.165, 1.54) is 24.3 Å². The van der Waals surface area contributed by atoms with Gasteiger partial charge in [-0.2, -0.15) is 5.26 Å². The van der Waals surface area contributed by atoms with Gasteiger partial charge in [0.05, 0.1) is 15.6 Å². The lowest BCUT2D eigenvalue weighted by Gasteiger charge is -2.07. The van der Waals surface area contributed by atoms with Crippen LogP contribution in [0.1, 0.15) is 5.56 Å². The van der Waals surface area contributed by atoms with Gasteiger partial charge in [0.15, 0.2) is 5.75 Å². The number of phenols is 1. The van der Waals surface area contributed by atoms with Gasteiger partial charge in [-0.3, -0.25) is 14.9 Å². The van der Waals surface area contributed by atoms with Crippen molar-refractivity contribution in [3.63, 3.8) is 0 Å². The van der Waals surface area contributed by atoms with E-state index >= 15 is 0 Å². The summed E-state index contributed by atoms with van der Waals surface area (Å²) in [5, 5.41) is 32.4. The first-order valence-electron chi connectivity index (χ1n) is 6.67. The molecule has 0 heterocycles. The molecule has 7 nitrogen and oxygen atoms in total. The minimum Gasteiger partial charge on any atom is -0.502 e. The average Bonchev–Trinajstić information content (AvgIpc) is 2.56. The van der Waals surface area contributed by atoms with Crippen LogP contribution in [0.4, 0.5) is 11.4 Å². The molecule has 0 aliphatic rings. The van der Waals surface area contributed by atoms with E-state index in [1.807, 2.05) is 0 Å². The van der Waals surface area contributed by atoms with Crippen molar-refractivity contribution in [2.45, 2.75) is 0 Å². The van der Waals surface area contributed by atoms with Gasteiger partial charge < -0.3 is 10.4 Å². The van der Waals surface area contributed by atoms with Crippen molar-refractivity contribution in [2.24, 2.45) is 0 Å². The molecule has 126 valence electrons. The van der Waals surface area contributed by atoms with Gasteiger partial charge in [-0.25, -0.2) is 0 Å². The Balaban J connectivity index is 2.31. The Morgan fingerprint density at radius 1 is 1.28 bits per heavy atom. The molecule has 0 radical (unpaired) electrons. The molecule has 2 rings (SSSR count). The standard InChI is InChI=1S/C16H9Cl2N3O4/c17-11-2-3-13(12(18)7-11)20-16(23)10(8-19)5-9-1-4-15(22)14(6-9)21(24)25/h1-7,22H,(H,20,23)/b10-5+. The van der Waals surface area contributed by atoms with Crippen molar-refractivity contribution in [3.05, 3.63) is 67.7 Å². The van der Waals surface area contributed by atoms with Crippen LogP contribution in [0.25, 0.3) is 6.08 Å². The fourth-order valence-corrected chi connectivity index (χ4v) is 2.33. The van der Waals surface area contributed by atoms with Crippen molar-refractivity contribution < 1.29 is 14.8 Å². The lowest BCUT2D eigenvalue weighted by molar-refractivity contribution is -0.385. The first-order valence-corrected chi connectivity index (χ1v) is 7.43. The number of rotatable bonds is 4. The molecule has 0 atom stereocenters. The average molecular weight is 378 g/mol. The van der Waals surface area contributed by atoms with Gasteiger partial charge in [-0.05, 0) is 35.9 Å². The Labute approximate surface area is 151 Å². The third kappa shape index (κ3) is 4.47. The van der Waals surface area contributed by atoms with Crippen LogP contribution in [0, 0.1) is 21.4 Å². The smallest absolute Gasteiger partial charge is 0.311 e. The number of nitrogens with zero attached hydrogens (tertiary/aromatic N) is 2. The number of hydrogen-bond donors (Lipinski definition) is 2. The van der Waals surface area contributed by atoms with Gasteiger partial charge in [-0.1, -0.05) is 29.3 Å². The predicted molar refractivity (Wildman–Crippen MR) is 93.4 cm³/mol. The maximum absolute atomic E-state index is 12.2. The third-order valence-corrected chi connectivity index (χ3v) is 3.60. The number of benzene rings is 2. The Bertz CT molecular complexity index is 935. The van der Waals surface area contributed by atoms with Crippen molar-refractivity contribution in [1.29, 1.82) is 5.26 Å². The van der Waals surface area contributed by atoms with Gasteiger partial charge >= 0.3 is 5.69 Å². The zero-order valence-electron chi connectivity index (χ0n) is 12.4. The molecule has 0 fully saturated rings. The van der Waals surface area contributed by atoms with Crippen LogP contribution < -0.4 is 5.32 Å². The van der Waals surface area contributed by atoms with E-state index < -0.39 is 22.3 Å². The molecule has 0 saturated heterocycles. The Morgan fingerprint density at radius 3 is 2.60 bits per heavy atom. The number of aromatic hydroxyl groups is 1. The quantitative estimate of drug-likeness (QED) is 0.359. The maximum Gasteiger partial charge on any atom is 0.311 e. The zero-order chi connectivity index (χ0) is 18.6. The van der Waals surface area contributed by atoms with Gasteiger partial charge in [0.1, 0.15) is 11.6 Å². The lowest BCUT2D eigenvalue weighted by atomic mass is 10.1. The van der Waals surface area contributed by atoms with Crippen molar-refractivity contribution in [3.8, 4) is 11.8 Å². The second kappa shape index (κ2) is 7.66. The summed E-state index contributed by atoms with van der Waals surface area (Å²) in [5.74, 6) is -1.26. The van der Waals surface area contributed by atoms with E-state index in [-0.39, 0.29) is 21.8 Å². The largest absolute Gasteiger partial charge is 0.502 e. The minimum absolute atomic E-state index is 0.193. The van der Waals surface area contributed by atoms with E-state index in [1.54, 1.807) is 6.07 Å². The molecule has 1 amide bonds. The monoisotopic (exact) mass is 377 g/mol. The predicted octanol–water partition coefficient (Wildman–Crippen LogP) is 4.15. The van der Waals surface area contributed by atoms with Crippen LogP contribution in [0.3, 0.4) is 0 Å². The molecule has 0 aromatic heterocycles. The Morgan fingerprint density at radius 2 is 2.00 bits per heavy atom. The molecular weight excluding hydrogens is 369 g/mol. The molecule has 25 heavy (non-hydrogen) atoms. The molecule has 0 saturated carbocycles. The van der Waals surface area contributed by atoms with Crippen molar-refractivity contribution in [2.75, 3.05) is 5.32 Å². The molecular formula is C16H9Cl2N3O4. The van der Waals surface area contributed by atoms with Crippen molar-refractivity contribution >= 4 is 46.6 Å². The summed E-state index contributed by atoms with van der Waals surface area (Å²) in [6.07, 6.45) is 1.16. The van der Waals surface area contributed by atoms with E-state index in [2.05, 4.69) is 5.32 Å². The number of amides is 1. The van der Waals surface area contributed by atoms with Gasteiger partial charge in [-0.15, -0.1) is 0 Å². The Hall–Kier alpha value is -3.08. The fraction of sp³-hybridized carbons (Fsp3) is 0. The minimum atomic E-state index is -0.772. The molecule has 2 aromatic carbocycles. The molecule has 9 heteroatoms. The second-order valence-corrected chi connectivity index (χ2v) is 5.60. The highest BCUT2D eigenvalue weighted by molar-refractivity contribution is 6.36. The third-order valence-electron chi connectivity index (χ3n) is 3.05. The van der Waals surface area contributed by atoms with Crippen LogP contribution in [0.15, 0.2) is 42.0 Å². The lowest BCUT2D eigenvalue weighted by Crippen LogP contribution is -2.13. The van der Waals surface area contributed by atoms with Gasteiger partial charge in [0, 0.05) is 11.1 Å². The number of carbonyl (C=O) groups excluding carboxylic acids is 1. The summed E-state index contributed by atoms with van der Waals surface area (Å²) in [6, 6.07) is 9.62. The number of carbonyl (C=O) groups is 1. The summed E-state index contributed by atoms with van der Waals surface area (Å²) < 4.78 is 0. The molecule has 0 aliphatic carbocycles. The summed E-state index contributed by atoms with van der Waals surface area (Å²) in [7, 11) is 0. The second-order valence-electron chi connectivity index (χ2n) is 4.75. The highest BCUT2D eigenvalue weighted by Gasteiger charge is 2.15. The van der Waals surface area contributed by atoms with Crippen LogP contribution in [0.2, 0.25) is 10.0 Å². The number of nitro benzene ring substituents is 1. The van der Waals surface area contributed by atoms with E-state index in [9.17, 15) is 20.0 Å². The van der Waals surface area contributed by atoms with Crippen LogP contribution >= 0.6 is 23.2 Å². The molecule has 0 unspecified atom stereocenters. The highest BCUT2D eigenvalue weighted by Crippen LogP contribution is 2.28. The molecule has 0 aliphatic heterocycles.